The van der Waals surface area contributed by atoms with Crippen LogP contribution in [0.2, 0.25) is 0 Å². The highest BCUT2D eigenvalue weighted by molar-refractivity contribution is 6.01. The number of methoxy groups -OCH3 is 1. The Balaban J connectivity index is 1.92. The molecule has 0 saturated heterocycles. The standard InChI is InChI=1S/C14H13N5O3/c1-8-6-11(20)19-14(15-8)17-12(18-19)13(21)16-9-4-3-5-10(7-9)22-2/h3-7H,1-2H3,(H,16,21)(H,15,17,18). The Morgan fingerprint density at radius 3 is 2.95 bits per heavy atom. The Labute approximate surface area is 124 Å². The third kappa shape index (κ3) is 2.53. The summed E-state index contributed by atoms with van der Waals surface area (Å²) in [5.41, 5.74) is 0.842. The van der Waals surface area contributed by atoms with E-state index in [-0.39, 0.29) is 17.2 Å². The summed E-state index contributed by atoms with van der Waals surface area (Å²) in [6.45, 7) is 1.73. The molecule has 0 aliphatic rings. The molecule has 22 heavy (non-hydrogen) atoms. The molecule has 0 atom stereocenters. The highest BCUT2D eigenvalue weighted by Crippen LogP contribution is 2.17. The zero-order chi connectivity index (χ0) is 15.7. The first kappa shape index (κ1) is 13.8. The van der Waals surface area contributed by atoms with E-state index in [4.69, 9.17) is 4.74 Å². The van der Waals surface area contributed by atoms with Crippen molar-refractivity contribution in [1.29, 1.82) is 0 Å². The van der Waals surface area contributed by atoms with E-state index in [9.17, 15) is 9.59 Å². The first-order valence-electron chi connectivity index (χ1n) is 6.49. The molecule has 0 aliphatic heterocycles. The molecule has 2 heterocycles. The minimum atomic E-state index is -0.512. The van der Waals surface area contributed by atoms with Gasteiger partial charge in [0, 0.05) is 23.5 Å². The summed E-state index contributed by atoms with van der Waals surface area (Å²) in [6, 6.07) is 8.28. The maximum Gasteiger partial charge on any atom is 0.295 e. The van der Waals surface area contributed by atoms with Crippen molar-refractivity contribution in [2.24, 2.45) is 0 Å². The lowest BCUT2D eigenvalue weighted by atomic mass is 10.3. The van der Waals surface area contributed by atoms with E-state index in [1.165, 1.54) is 6.07 Å². The number of ether oxygens (including phenoxy) is 1. The third-order valence-corrected chi connectivity index (χ3v) is 3.00. The Morgan fingerprint density at radius 1 is 1.36 bits per heavy atom. The molecular formula is C14H13N5O3. The normalized spacial score (nSPS) is 10.6. The van der Waals surface area contributed by atoms with E-state index in [0.717, 1.165) is 4.52 Å². The van der Waals surface area contributed by atoms with Gasteiger partial charge in [0.2, 0.25) is 11.6 Å². The van der Waals surface area contributed by atoms with Crippen molar-refractivity contribution in [3.05, 3.63) is 52.2 Å². The molecule has 2 aromatic heterocycles. The Bertz CT molecular complexity index is 912. The van der Waals surface area contributed by atoms with Gasteiger partial charge in [0.1, 0.15) is 5.75 Å². The van der Waals surface area contributed by atoms with E-state index in [1.807, 2.05) is 0 Å². The number of fused-ring (bicyclic) bond motifs is 1. The minimum absolute atomic E-state index is 0.0956. The van der Waals surface area contributed by atoms with Gasteiger partial charge in [0.25, 0.3) is 11.5 Å². The number of nitrogens with zero attached hydrogens (tertiary/aromatic N) is 3. The van der Waals surface area contributed by atoms with Crippen molar-refractivity contribution in [3.63, 3.8) is 0 Å². The summed E-state index contributed by atoms with van der Waals surface area (Å²) in [5, 5.41) is 6.57. The lowest BCUT2D eigenvalue weighted by Gasteiger charge is -2.04. The van der Waals surface area contributed by atoms with Crippen LogP contribution in [0.3, 0.4) is 0 Å². The van der Waals surface area contributed by atoms with Gasteiger partial charge >= 0.3 is 0 Å². The van der Waals surface area contributed by atoms with Crippen molar-refractivity contribution in [2.45, 2.75) is 6.92 Å². The molecule has 2 N–H and O–H groups in total. The number of benzene rings is 1. The molecule has 8 heteroatoms. The maximum absolute atomic E-state index is 12.2. The van der Waals surface area contributed by atoms with Gasteiger partial charge in [-0.1, -0.05) is 6.07 Å². The lowest BCUT2D eigenvalue weighted by Crippen LogP contribution is -2.16. The van der Waals surface area contributed by atoms with Gasteiger partial charge in [-0.25, -0.2) is 0 Å². The molecule has 0 bridgehead atoms. The van der Waals surface area contributed by atoms with Crippen molar-refractivity contribution in [2.75, 3.05) is 12.4 Å². The molecule has 0 unspecified atom stereocenters. The molecule has 3 aromatic rings. The van der Waals surface area contributed by atoms with E-state index < -0.39 is 5.91 Å². The Hall–Kier alpha value is -3.16. The summed E-state index contributed by atoms with van der Waals surface area (Å²) in [6.07, 6.45) is 0. The molecule has 0 spiro atoms. The van der Waals surface area contributed by atoms with Crippen LogP contribution in [0.1, 0.15) is 16.3 Å². The van der Waals surface area contributed by atoms with Crippen molar-refractivity contribution < 1.29 is 9.53 Å². The van der Waals surface area contributed by atoms with Gasteiger partial charge in [0.05, 0.1) is 7.11 Å². The van der Waals surface area contributed by atoms with Crippen molar-refractivity contribution in [1.82, 2.24) is 19.6 Å². The highest BCUT2D eigenvalue weighted by Gasteiger charge is 2.15. The minimum Gasteiger partial charge on any atom is -0.497 e. The number of carbonyl (C=O) groups excluding carboxylic acids is 1. The van der Waals surface area contributed by atoms with E-state index >= 15 is 0 Å². The summed E-state index contributed by atoms with van der Waals surface area (Å²) < 4.78 is 6.14. The summed E-state index contributed by atoms with van der Waals surface area (Å²) >= 11 is 0. The Morgan fingerprint density at radius 2 is 2.18 bits per heavy atom. The average molecular weight is 299 g/mol. The number of rotatable bonds is 3. The first-order chi connectivity index (χ1) is 10.6. The molecule has 112 valence electrons. The fraction of sp³-hybridized carbons (Fsp3) is 0.143. The molecule has 3 rings (SSSR count). The van der Waals surface area contributed by atoms with Gasteiger partial charge < -0.3 is 15.0 Å². The third-order valence-electron chi connectivity index (χ3n) is 3.00. The second-order valence-corrected chi connectivity index (χ2v) is 4.65. The number of nitrogens with one attached hydrogen (secondary N) is 2. The van der Waals surface area contributed by atoms with Crippen LogP contribution in [0.5, 0.6) is 5.75 Å². The number of hydrogen-bond acceptors (Lipinski definition) is 5. The van der Waals surface area contributed by atoms with Crippen LogP contribution in [0.4, 0.5) is 5.69 Å². The molecule has 0 aliphatic carbocycles. The Kier molecular flexibility index (Phi) is 3.34. The second-order valence-electron chi connectivity index (χ2n) is 4.65. The maximum atomic E-state index is 12.2. The van der Waals surface area contributed by atoms with E-state index in [2.05, 4.69) is 20.4 Å². The molecule has 0 radical (unpaired) electrons. The summed E-state index contributed by atoms with van der Waals surface area (Å²) in [4.78, 5) is 30.8. The van der Waals surface area contributed by atoms with Crippen LogP contribution in [0.25, 0.3) is 5.78 Å². The summed E-state index contributed by atoms with van der Waals surface area (Å²) in [7, 11) is 1.54. The number of anilines is 1. The first-order valence-corrected chi connectivity index (χ1v) is 6.49. The van der Waals surface area contributed by atoms with Crippen LogP contribution in [0, 0.1) is 6.92 Å². The van der Waals surface area contributed by atoms with Crippen molar-refractivity contribution >= 4 is 17.4 Å². The molecule has 8 nitrogen and oxygen atoms in total. The fourth-order valence-electron chi connectivity index (χ4n) is 1.99. The van der Waals surface area contributed by atoms with Crippen LogP contribution in [0.15, 0.2) is 35.1 Å². The zero-order valence-corrected chi connectivity index (χ0v) is 12.0. The molecule has 1 aromatic carbocycles. The number of amides is 1. The van der Waals surface area contributed by atoms with Gasteiger partial charge in [-0.05, 0) is 19.1 Å². The van der Waals surface area contributed by atoms with Crippen molar-refractivity contribution in [3.8, 4) is 5.75 Å². The number of H-pyrrole nitrogens is 1. The predicted molar refractivity (Wildman–Crippen MR) is 79.3 cm³/mol. The molecule has 0 fully saturated rings. The fourth-order valence-corrected chi connectivity index (χ4v) is 1.99. The second kappa shape index (κ2) is 5.32. The smallest absolute Gasteiger partial charge is 0.295 e. The molecule has 1 amide bonds. The number of hydrogen-bond donors (Lipinski definition) is 2. The van der Waals surface area contributed by atoms with Gasteiger partial charge in [0.15, 0.2) is 0 Å². The monoisotopic (exact) mass is 299 g/mol. The van der Waals surface area contributed by atoms with E-state index in [1.54, 1.807) is 38.3 Å². The quantitative estimate of drug-likeness (QED) is 0.751. The SMILES string of the molecule is COc1cccc(NC(=O)c2nc3[nH]c(C)cc(=O)n3n2)c1. The van der Waals surface area contributed by atoms with Crippen LogP contribution in [-0.2, 0) is 0 Å². The number of aryl methyl sites for hydroxylation is 1. The van der Waals surface area contributed by atoms with Crippen LogP contribution < -0.4 is 15.6 Å². The summed E-state index contributed by atoms with van der Waals surface area (Å²) in [5.74, 6) is 0.233. The number of aromatic nitrogens is 4. The van der Waals surface area contributed by atoms with Gasteiger partial charge in [-0.15, -0.1) is 5.10 Å². The zero-order valence-electron chi connectivity index (χ0n) is 12.0. The predicted octanol–water partition coefficient (Wildman–Crippen LogP) is 0.987. The van der Waals surface area contributed by atoms with Crippen LogP contribution >= 0.6 is 0 Å². The van der Waals surface area contributed by atoms with Gasteiger partial charge in [-0.2, -0.15) is 9.50 Å². The number of carbonyl (C=O) groups is 1. The lowest BCUT2D eigenvalue weighted by molar-refractivity contribution is 0.101. The molecular weight excluding hydrogens is 286 g/mol. The number of aromatic amines is 1. The topological polar surface area (TPSA) is 101 Å². The highest BCUT2D eigenvalue weighted by atomic mass is 16.5. The van der Waals surface area contributed by atoms with E-state index in [0.29, 0.717) is 17.1 Å². The van der Waals surface area contributed by atoms with Crippen LogP contribution in [-0.4, -0.2) is 32.6 Å². The van der Waals surface area contributed by atoms with Gasteiger partial charge in [-0.3, -0.25) is 9.59 Å². The average Bonchev–Trinajstić information content (AvgIpc) is 2.92. The molecule has 0 saturated carbocycles. The largest absolute Gasteiger partial charge is 0.497 e.